The predicted octanol–water partition coefficient (Wildman–Crippen LogP) is 3.78. The Labute approximate surface area is 143 Å². The number of hydrogen-bond donors (Lipinski definition) is 1. The van der Waals surface area contributed by atoms with Crippen LogP contribution in [0.15, 0.2) is 34.7 Å². The van der Waals surface area contributed by atoms with E-state index in [0.29, 0.717) is 16.6 Å². The molecule has 0 bridgehead atoms. The van der Waals surface area contributed by atoms with Crippen LogP contribution in [-0.4, -0.2) is 20.6 Å². The Balaban J connectivity index is 2.28. The molecule has 0 amide bonds. The molecule has 0 fully saturated rings. The fraction of sp³-hybridized carbons (Fsp3) is 0.278. The normalized spacial score (nSPS) is 12.5. The number of aliphatic carboxylic acids is 1. The minimum absolute atomic E-state index is 0.300. The smallest absolute Gasteiger partial charge is 0.326 e. The van der Waals surface area contributed by atoms with E-state index >= 15 is 0 Å². The van der Waals surface area contributed by atoms with Crippen molar-refractivity contribution in [1.29, 1.82) is 0 Å². The molecular formula is C18H18N2O3S. The Kier molecular flexibility index (Phi) is 4.24. The van der Waals surface area contributed by atoms with Crippen molar-refractivity contribution >= 4 is 27.5 Å². The van der Waals surface area contributed by atoms with Crippen LogP contribution in [0.2, 0.25) is 0 Å². The minimum atomic E-state index is -1.02. The molecule has 5 nitrogen and oxygen atoms in total. The second-order valence-corrected chi connectivity index (χ2v) is 6.73. The highest BCUT2D eigenvalue weighted by Crippen LogP contribution is 2.33. The molecule has 1 unspecified atom stereocenters. The highest BCUT2D eigenvalue weighted by Gasteiger charge is 2.22. The Morgan fingerprint density at radius 3 is 2.71 bits per heavy atom. The van der Waals surface area contributed by atoms with Gasteiger partial charge in [-0.3, -0.25) is 9.36 Å². The summed E-state index contributed by atoms with van der Waals surface area (Å²) in [6, 6.07) is 5.17. The molecule has 0 saturated heterocycles. The summed E-state index contributed by atoms with van der Waals surface area (Å²) < 4.78 is 1.23. The minimum Gasteiger partial charge on any atom is -0.480 e. The van der Waals surface area contributed by atoms with E-state index < -0.39 is 12.0 Å². The largest absolute Gasteiger partial charge is 0.480 e. The molecule has 6 heteroatoms. The lowest BCUT2D eigenvalue weighted by Gasteiger charge is -2.13. The number of carboxylic acids is 1. The van der Waals surface area contributed by atoms with Crippen molar-refractivity contribution in [2.75, 3.05) is 0 Å². The third-order valence-corrected chi connectivity index (χ3v) is 5.09. The molecule has 2 aromatic heterocycles. The number of benzene rings is 1. The van der Waals surface area contributed by atoms with Gasteiger partial charge >= 0.3 is 5.97 Å². The first kappa shape index (κ1) is 16.4. The Bertz CT molecular complexity index is 988. The first-order valence-corrected chi connectivity index (χ1v) is 8.60. The number of aromatic nitrogens is 2. The van der Waals surface area contributed by atoms with Crippen molar-refractivity contribution in [3.8, 4) is 11.1 Å². The summed E-state index contributed by atoms with van der Waals surface area (Å²) in [6.07, 6.45) is 1.67. The van der Waals surface area contributed by atoms with E-state index in [9.17, 15) is 14.7 Å². The van der Waals surface area contributed by atoms with Crippen molar-refractivity contribution < 1.29 is 9.90 Å². The van der Waals surface area contributed by atoms with Gasteiger partial charge in [0.2, 0.25) is 0 Å². The number of thiophene rings is 1. The lowest BCUT2D eigenvalue weighted by molar-refractivity contribution is -0.141. The molecule has 0 spiro atoms. The zero-order valence-electron chi connectivity index (χ0n) is 13.7. The number of carboxylic acid groups (broad SMARTS) is 1. The van der Waals surface area contributed by atoms with Gasteiger partial charge in [-0.15, -0.1) is 11.3 Å². The van der Waals surface area contributed by atoms with Gasteiger partial charge in [-0.1, -0.05) is 30.7 Å². The van der Waals surface area contributed by atoms with E-state index in [-0.39, 0.29) is 5.56 Å². The van der Waals surface area contributed by atoms with E-state index in [1.54, 1.807) is 6.92 Å². The van der Waals surface area contributed by atoms with Gasteiger partial charge in [-0.25, -0.2) is 9.78 Å². The monoisotopic (exact) mass is 342 g/mol. The van der Waals surface area contributed by atoms with Crippen LogP contribution in [0, 0.1) is 13.8 Å². The van der Waals surface area contributed by atoms with Gasteiger partial charge < -0.3 is 5.11 Å². The predicted molar refractivity (Wildman–Crippen MR) is 95.8 cm³/mol. The fourth-order valence-electron chi connectivity index (χ4n) is 2.97. The molecule has 124 valence electrons. The quantitative estimate of drug-likeness (QED) is 0.783. The molecule has 3 aromatic rings. The van der Waals surface area contributed by atoms with E-state index in [2.05, 4.69) is 11.1 Å². The van der Waals surface area contributed by atoms with Gasteiger partial charge in [0.25, 0.3) is 5.56 Å². The lowest BCUT2D eigenvalue weighted by atomic mass is 9.99. The maximum atomic E-state index is 12.9. The number of nitrogens with zero attached hydrogens (tertiary/aromatic N) is 2. The van der Waals surface area contributed by atoms with E-state index in [1.165, 1.54) is 22.2 Å². The average molecular weight is 342 g/mol. The summed E-state index contributed by atoms with van der Waals surface area (Å²) in [5, 5.41) is 11.8. The summed E-state index contributed by atoms with van der Waals surface area (Å²) in [7, 11) is 0. The first-order chi connectivity index (χ1) is 11.4. The third kappa shape index (κ3) is 2.63. The van der Waals surface area contributed by atoms with Crippen molar-refractivity contribution in [2.24, 2.45) is 0 Å². The van der Waals surface area contributed by atoms with E-state index in [1.807, 2.05) is 31.4 Å². The van der Waals surface area contributed by atoms with Crippen LogP contribution in [0.3, 0.4) is 0 Å². The molecule has 1 aromatic carbocycles. The second kappa shape index (κ2) is 6.20. The van der Waals surface area contributed by atoms with Gasteiger partial charge in [0, 0.05) is 10.9 Å². The fourth-order valence-corrected chi connectivity index (χ4v) is 3.87. The molecule has 0 radical (unpaired) electrons. The zero-order chi connectivity index (χ0) is 17.4. The van der Waals surface area contributed by atoms with Gasteiger partial charge in [-0.05, 0) is 31.4 Å². The van der Waals surface area contributed by atoms with Gasteiger partial charge in [0.1, 0.15) is 10.9 Å². The maximum Gasteiger partial charge on any atom is 0.326 e. The van der Waals surface area contributed by atoms with E-state index in [0.717, 1.165) is 22.3 Å². The summed E-state index contributed by atoms with van der Waals surface area (Å²) in [5.41, 5.74) is 3.73. The Hall–Kier alpha value is -2.47. The molecule has 0 saturated carbocycles. The number of rotatable bonds is 4. The van der Waals surface area contributed by atoms with Crippen molar-refractivity contribution in [3.05, 3.63) is 51.4 Å². The Morgan fingerprint density at radius 2 is 2.08 bits per heavy atom. The van der Waals surface area contributed by atoms with Crippen molar-refractivity contribution in [2.45, 2.75) is 33.2 Å². The number of hydrogen-bond acceptors (Lipinski definition) is 4. The number of aryl methyl sites for hydroxylation is 2. The van der Waals surface area contributed by atoms with Gasteiger partial charge in [0.05, 0.1) is 11.7 Å². The topological polar surface area (TPSA) is 72.2 Å². The second-order valence-electron chi connectivity index (χ2n) is 5.87. The SMILES string of the molecule is CCC(C(=O)O)n1cnc2scc(-c3ccc(C)cc3C)c2c1=O. The first-order valence-electron chi connectivity index (χ1n) is 7.72. The Morgan fingerprint density at radius 1 is 1.33 bits per heavy atom. The van der Waals surface area contributed by atoms with E-state index in [4.69, 9.17) is 0 Å². The summed E-state index contributed by atoms with van der Waals surface area (Å²) in [5.74, 6) is -1.02. The van der Waals surface area contributed by atoms with Crippen LogP contribution in [0.25, 0.3) is 21.3 Å². The number of fused-ring (bicyclic) bond motifs is 1. The molecule has 1 atom stereocenters. The van der Waals surface area contributed by atoms with Gasteiger partial charge in [-0.2, -0.15) is 0 Å². The van der Waals surface area contributed by atoms with Crippen LogP contribution in [-0.2, 0) is 4.79 Å². The molecule has 0 aliphatic heterocycles. The average Bonchev–Trinajstić information content (AvgIpc) is 2.94. The highest BCUT2D eigenvalue weighted by atomic mass is 32.1. The molecule has 24 heavy (non-hydrogen) atoms. The standard InChI is InChI=1S/C18H18N2O3S/c1-4-14(18(22)23)20-9-19-16-15(17(20)21)13(8-24-16)12-6-5-10(2)7-11(12)3/h5-9,14H,4H2,1-3H3,(H,22,23). The van der Waals surface area contributed by atoms with Crippen LogP contribution in [0.4, 0.5) is 0 Å². The lowest BCUT2D eigenvalue weighted by Crippen LogP contribution is -2.29. The molecule has 0 aliphatic carbocycles. The zero-order valence-corrected chi connectivity index (χ0v) is 14.6. The van der Waals surface area contributed by atoms with Crippen molar-refractivity contribution in [1.82, 2.24) is 9.55 Å². The molecule has 1 N–H and O–H groups in total. The summed E-state index contributed by atoms with van der Waals surface area (Å²) in [6.45, 7) is 5.77. The van der Waals surface area contributed by atoms with Crippen LogP contribution in [0.5, 0.6) is 0 Å². The molecule has 0 aliphatic rings. The molecular weight excluding hydrogens is 324 g/mol. The van der Waals surface area contributed by atoms with Gasteiger partial charge in [0.15, 0.2) is 0 Å². The summed E-state index contributed by atoms with van der Waals surface area (Å²) in [4.78, 5) is 29.3. The van der Waals surface area contributed by atoms with Crippen LogP contribution >= 0.6 is 11.3 Å². The highest BCUT2D eigenvalue weighted by molar-refractivity contribution is 7.17. The van der Waals surface area contributed by atoms with Crippen LogP contribution in [0.1, 0.15) is 30.5 Å². The molecule has 3 rings (SSSR count). The number of carbonyl (C=O) groups is 1. The van der Waals surface area contributed by atoms with Crippen molar-refractivity contribution in [3.63, 3.8) is 0 Å². The van der Waals surface area contributed by atoms with Crippen LogP contribution < -0.4 is 5.56 Å². The summed E-state index contributed by atoms with van der Waals surface area (Å²) >= 11 is 1.40. The molecule has 2 heterocycles. The maximum absolute atomic E-state index is 12.9. The third-order valence-electron chi connectivity index (χ3n) is 4.20.